The zero-order chi connectivity index (χ0) is 14.7. The first-order valence-electron chi connectivity index (χ1n) is 6.29. The van der Waals surface area contributed by atoms with Gasteiger partial charge in [0.1, 0.15) is 0 Å². The van der Waals surface area contributed by atoms with Crippen LogP contribution >= 0.6 is 15.9 Å². The average molecular weight is 352 g/mol. The molecule has 1 atom stereocenters. The van der Waals surface area contributed by atoms with Crippen LogP contribution in [0.1, 0.15) is 34.1 Å². The van der Waals surface area contributed by atoms with Crippen molar-refractivity contribution in [2.75, 3.05) is 6.54 Å². The first-order valence-corrected chi connectivity index (χ1v) is 8.69. The minimum atomic E-state index is -3.51. The molecule has 0 aliphatic rings. The molecular formula is C12H22BrN3O2S. The van der Waals surface area contributed by atoms with E-state index in [4.69, 9.17) is 0 Å². The number of rotatable bonds is 6. The molecule has 7 heteroatoms. The lowest BCUT2D eigenvalue weighted by molar-refractivity contribution is 0.373. The Kier molecular flexibility index (Phi) is 5.58. The van der Waals surface area contributed by atoms with Crippen molar-refractivity contribution >= 4 is 26.0 Å². The molecular weight excluding hydrogens is 330 g/mol. The summed E-state index contributed by atoms with van der Waals surface area (Å²) in [4.78, 5) is 4.02. The standard InChI is InChI=1S/C12H22BrN3O2S/c1-5-16-8-11(14-9-16)19(17,18)15-7-10(13)6-12(2,3)4/h8-10,15H,5-7H2,1-4H3. The fourth-order valence-corrected chi connectivity index (χ4v) is 4.04. The van der Waals surface area contributed by atoms with Crippen LogP contribution in [0.2, 0.25) is 0 Å². The van der Waals surface area contributed by atoms with E-state index in [0.717, 1.165) is 6.42 Å². The summed E-state index contributed by atoms with van der Waals surface area (Å²) in [6.45, 7) is 9.37. The van der Waals surface area contributed by atoms with Crippen molar-refractivity contribution in [2.24, 2.45) is 5.41 Å². The van der Waals surface area contributed by atoms with Gasteiger partial charge in [0.05, 0.1) is 6.33 Å². The number of aryl methyl sites for hydroxylation is 1. The van der Waals surface area contributed by atoms with Gasteiger partial charge >= 0.3 is 0 Å². The van der Waals surface area contributed by atoms with Crippen molar-refractivity contribution in [3.63, 3.8) is 0 Å². The highest BCUT2D eigenvalue weighted by Crippen LogP contribution is 2.24. The van der Waals surface area contributed by atoms with Gasteiger partial charge in [-0.15, -0.1) is 0 Å². The van der Waals surface area contributed by atoms with Crippen molar-refractivity contribution in [1.29, 1.82) is 0 Å². The molecule has 0 fully saturated rings. The van der Waals surface area contributed by atoms with Crippen molar-refractivity contribution < 1.29 is 8.42 Å². The molecule has 0 aromatic carbocycles. The Morgan fingerprint density at radius 2 is 2.11 bits per heavy atom. The lowest BCUT2D eigenvalue weighted by Gasteiger charge is -2.22. The summed E-state index contributed by atoms with van der Waals surface area (Å²) in [6, 6.07) is 0. The van der Waals surface area contributed by atoms with E-state index in [1.807, 2.05) is 6.92 Å². The SMILES string of the molecule is CCn1cnc(S(=O)(=O)NCC(Br)CC(C)(C)C)c1. The summed E-state index contributed by atoms with van der Waals surface area (Å²) in [5.74, 6) is 0. The van der Waals surface area contributed by atoms with E-state index in [0.29, 0.717) is 13.1 Å². The fourth-order valence-electron chi connectivity index (χ4n) is 1.66. The molecule has 1 aromatic heterocycles. The molecule has 0 amide bonds. The molecule has 5 nitrogen and oxygen atoms in total. The molecule has 0 aliphatic carbocycles. The number of imidazole rings is 1. The number of aromatic nitrogens is 2. The molecule has 0 saturated heterocycles. The van der Waals surface area contributed by atoms with Crippen molar-refractivity contribution in [3.8, 4) is 0 Å². The monoisotopic (exact) mass is 351 g/mol. The fraction of sp³-hybridized carbons (Fsp3) is 0.750. The predicted octanol–water partition coefficient (Wildman–Crippen LogP) is 2.38. The van der Waals surface area contributed by atoms with E-state index in [1.54, 1.807) is 4.57 Å². The molecule has 1 heterocycles. The van der Waals surface area contributed by atoms with E-state index in [-0.39, 0.29) is 15.3 Å². The van der Waals surface area contributed by atoms with Gasteiger partial charge in [-0.3, -0.25) is 0 Å². The lowest BCUT2D eigenvalue weighted by Crippen LogP contribution is -2.31. The molecule has 0 spiro atoms. The number of hydrogen-bond donors (Lipinski definition) is 1. The van der Waals surface area contributed by atoms with Crippen molar-refractivity contribution in [3.05, 3.63) is 12.5 Å². The van der Waals surface area contributed by atoms with Gasteiger partial charge in [-0.25, -0.2) is 18.1 Å². The first-order chi connectivity index (χ1) is 8.64. The minimum absolute atomic E-state index is 0.0739. The maximum atomic E-state index is 12.0. The van der Waals surface area contributed by atoms with E-state index in [2.05, 4.69) is 46.4 Å². The number of sulfonamides is 1. The van der Waals surface area contributed by atoms with E-state index < -0.39 is 10.0 Å². The van der Waals surface area contributed by atoms with Crippen molar-refractivity contribution in [1.82, 2.24) is 14.3 Å². The number of hydrogen-bond acceptors (Lipinski definition) is 3. The highest BCUT2D eigenvalue weighted by atomic mass is 79.9. The van der Waals surface area contributed by atoms with Crippen LogP contribution in [0, 0.1) is 5.41 Å². The number of halogens is 1. The molecule has 1 N–H and O–H groups in total. The number of nitrogens with one attached hydrogen (secondary N) is 1. The Hall–Kier alpha value is -0.400. The Balaban J connectivity index is 2.61. The smallest absolute Gasteiger partial charge is 0.259 e. The lowest BCUT2D eigenvalue weighted by atomic mass is 9.91. The van der Waals surface area contributed by atoms with Gasteiger partial charge in [0.25, 0.3) is 10.0 Å². The van der Waals surface area contributed by atoms with Gasteiger partial charge in [0.2, 0.25) is 0 Å². The summed E-state index contributed by atoms with van der Waals surface area (Å²) in [6.07, 6.45) is 3.95. The second-order valence-corrected chi connectivity index (χ2v) is 8.77. The van der Waals surface area contributed by atoms with Gasteiger partial charge in [0, 0.05) is 24.1 Å². The molecule has 1 rings (SSSR count). The van der Waals surface area contributed by atoms with E-state index in [9.17, 15) is 8.42 Å². The highest BCUT2D eigenvalue weighted by Gasteiger charge is 2.21. The van der Waals surface area contributed by atoms with Crippen LogP contribution in [-0.4, -0.2) is 29.3 Å². The second kappa shape index (κ2) is 6.37. The van der Waals surface area contributed by atoms with Gasteiger partial charge in [-0.1, -0.05) is 36.7 Å². The summed E-state index contributed by atoms with van der Waals surface area (Å²) in [7, 11) is -3.51. The third-order valence-corrected chi connectivity index (χ3v) is 4.53. The topological polar surface area (TPSA) is 64.0 Å². The van der Waals surface area contributed by atoms with Crippen molar-refractivity contribution in [2.45, 2.75) is 50.5 Å². The Labute approximate surface area is 124 Å². The average Bonchev–Trinajstić information content (AvgIpc) is 2.73. The van der Waals surface area contributed by atoms with Crippen LogP contribution in [0.5, 0.6) is 0 Å². The molecule has 19 heavy (non-hydrogen) atoms. The molecule has 0 saturated carbocycles. The quantitative estimate of drug-likeness (QED) is 0.800. The Morgan fingerprint density at radius 1 is 1.47 bits per heavy atom. The highest BCUT2D eigenvalue weighted by molar-refractivity contribution is 9.09. The largest absolute Gasteiger partial charge is 0.336 e. The summed E-state index contributed by atoms with van der Waals surface area (Å²) < 4.78 is 28.4. The van der Waals surface area contributed by atoms with E-state index >= 15 is 0 Å². The molecule has 0 radical (unpaired) electrons. The maximum Gasteiger partial charge on any atom is 0.259 e. The summed E-state index contributed by atoms with van der Waals surface area (Å²) >= 11 is 3.51. The van der Waals surface area contributed by atoms with Crippen LogP contribution in [0.4, 0.5) is 0 Å². The second-order valence-electron chi connectivity index (χ2n) is 5.76. The Bertz CT molecular complexity index is 505. The normalized spacial score (nSPS) is 14.6. The molecule has 0 aliphatic heterocycles. The predicted molar refractivity (Wildman–Crippen MR) is 79.9 cm³/mol. The summed E-state index contributed by atoms with van der Waals surface area (Å²) in [5, 5.41) is 0.0739. The van der Waals surface area contributed by atoms with Crippen LogP contribution < -0.4 is 4.72 Å². The molecule has 1 unspecified atom stereocenters. The minimum Gasteiger partial charge on any atom is -0.336 e. The zero-order valence-electron chi connectivity index (χ0n) is 11.9. The van der Waals surface area contributed by atoms with Crippen LogP contribution in [0.25, 0.3) is 0 Å². The van der Waals surface area contributed by atoms with Crippen LogP contribution in [0.15, 0.2) is 17.6 Å². The molecule has 0 bridgehead atoms. The van der Waals surface area contributed by atoms with Gasteiger partial charge in [-0.05, 0) is 18.8 Å². The third-order valence-electron chi connectivity index (χ3n) is 2.58. The van der Waals surface area contributed by atoms with Gasteiger partial charge in [-0.2, -0.15) is 0 Å². The zero-order valence-corrected chi connectivity index (χ0v) is 14.3. The summed E-state index contributed by atoms with van der Waals surface area (Å²) in [5.41, 5.74) is 0.156. The van der Waals surface area contributed by atoms with Gasteiger partial charge in [0.15, 0.2) is 5.03 Å². The number of alkyl halides is 1. The maximum absolute atomic E-state index is 12.0. The first kappa shape index (κ1) is 16.7. The third kappa shape index (κ3) is 5.62. The Morgan fingerprint density at radius 3 is 2.58 bits per heavy atom. The molecule has 1 aromatic rings. The van der Waals surface area contributed by atoms with E-state index in [1.165, 1.54) is 12.5 Å². The number of nitrogens with zero attached hydrogens (tertiary/aromatic N) is 2. The van der Waals surface area contributed by atoms with Gasteiger partial charge < -0.3 is 4.57 Å². The van der Waals surface area contributed by atoms with Crippen LogP contribution in [-0.2, 0) is 16.6 Å². The van der Waals surface area contributed by atoms with Crippen LogP contribution in [0.3, 0.4) is 0 Å². The molecule has 110 valence electrons.